The Kier molecular flexibility index (Phi) is 9.12. The molecule has 0 aliphatic rings. The number of amides is 1. The Labute approximate surface area is 248 Å². The van der Waals surface area contributed by atoms with E-state index in [4.69, 9.17) is 0 Å². The standard InChI is InChI=1S/C27H25N7O5S3/c1-42(37,38)39-15-9-8-14-28-24(35)21-16-29-26(41-21)32-31-23-22(19-12-6-3-7-13-19)33-34(25(23)36)27-30-20(17-40-27)18-10-4-2-5-11-18/h2-7,10-13,16-17,33H,8-9,14-15H2,1H3,(H,28,35). The molecule has 0 bridgehead atoms. The summed E-state index contributed by atoms with van der Waals surface area (Å²) in [6.45, 7) is 0.398. The third-order valence-electron chi connectivity index (χ3n) is 5.79. The molecule has 0 fully saturated rings. The summed E-state index contributed by atoms with van der Waals surface area (Å²) < 4.78 is 28.0. The van der Waals surface area contributed by atoms with Crippen molar-refractivity contribution in [1.82, 2.24) is 25.1 Å². The lowest BCUT2D eigenvalue weighted by atomic mass is 10.1. The third kappa shape index (κ3) is 7.30. The predicted molar refractivity (Wildman–Crippen MR) is 162 cm³/mol. The van der Waals surface area contributed by atoms with Crippen molar-refractivity contribution in [2.45, 2.75) is 12.8 Å². The summed E-state index contributed by atoms with van der Waals surface area (Å²) in [6, 6.07) is 19.0. The first-order valence-corrected chi connectivity index (χ1v) is 16.2. The second-order valence-electron chi connectivity index (χ2n) is 8.92. The number of aromatic nitrogens is 4. The zero-order chi connectivity index (χ0) is 29.5. The maximum Gasteiger partial charge on any atom is 0.301 e. The molecule has 0 atom stereocenters. The average molecular weight is 624 g/mol. The lowest BCUT2D eigenvalue weighted by Crippen LogP contribution is -2.23. The minimum absolute atomic E-state index is 0.0579. The molecule has 0 saturated carbocycles. The molecule has 0 spiro atoms. The highest BCUT2D eigenvalue weighted by Gasteiger charge is 2.19. The number of carbonyl (C=O) groups is 1. The second-order valence-corrected chi connectivity index (χ2v) is 12.4. The van der Waals surface area contributed by atoms with E-state index in [9.17, 15) is 18.0 Å². The van der Waals surface area contributed by atoms with Crippen LogP contribution in [0.15, 0.2) is 87.3 Å². The maximum absolute atomic E-state index is 13.5. The molecule has 5 aromatic rings. The number of hydrogen-bond donors (Lipinski definition) is 2. The summed E-state index contributed by atoms with van der Waals surface area (Å²) in [5, 5.41) is 16.8. The van der Waals surface area contributed by atoms with Gasteiger partial charge in [0.05, 0.1) is 30.4 Å². The minimum Gasteiger partial charge on any atom is -0.351 e. The number of nitrogens with one attached hydrogen (secondary N) is 2. The van der Waals surface area contributed by atoms with Gasteiger partial charge in [-0.25, -0.2) is 9.97 Å². The van der Waals surface area contributed by atoms with E-state index in [-0.39, 0.29) is 23.3 Å². The molecular weight excluding hydrogens is 599 g/mol. The van der Waals surface area contributed by atoms with Gasteiger partial charge in [0.1, 0.15) is 4.88 Å². The lowest BCUT2D eigenvalue weighted by molar-refractivity contribution is 0.0956. The van der Waals surface area contributed by atoms with E-state index in [1.54, 1.807) is 0 Å². The number of aromatic amines is 1. The summed E-state index contributed by atoms with van der Waals surface area (Å²) in [5.41, 5.74) is 2.54. The predicted octanol–water partition coefficient (Wildman–Crippen LogP) is 5.31. The highest BCUT2D eigenvalue weighted by atomic mass is 32.2. The first-order valence-electron chi connectivity index (χ1n) is 12.7. The molecule has 0 aliphatic heterocycles. The van der Waals surface area contributed by atoms with E-state index in [0.717, 1.165) is 34.4 Å². The first kappa shape index (κ1) is 29.2. The summed E-state index contributed by atoms with van der Waals surface area (Å²) in [4.78, 5) is 35.1. The van der Waals surface area contributed by atoms with Crippen molar-refractivity contribution in [3.63, 3.8) is 0 Å². The van der Waals surface area contributed by atoms with Crippen LogP contribution in [-0.2, 0) is 14.3 Å². The van der Waals surface area contributed by atoms with Crippen LogP contribution in [-0.4, -0.2) is 53.5 Å². The Morgan fingerprint density at radius 2 is 1.76 bits per heavy atom. The quantitative estimate of drug-likeness (QED) is 0.108. The fourth-order valence-electron chi connectivity index (χ4n) is 3.81. The molecule has 12 nitrogen and oxygen atoms in total. The number of hydrogen-bond acceptors (Lipinski definition) is 11. The largest absolute Gasteiger partial charge is 0.351 e. The number of H-pyrrole nitrogens is 1. The molecule has 3 heterocycles. The fraction of sp³-hybridized carbons (Fsp3) is 0.185. The van der Waals surface area contributed by atoms with Crippen LogP contribution in [0.25, 0.3) is 27.6 Å². The van der Waals surface area contributed by atoms with Crippen molar-refractivity contribution in [2.75, 3.05) is 19.4 Å². The molecular formula is C27H25N7O5S3. The average Bonchev–Trinajstić information content (AvgIpc) is 3.73. The number of unbranched alkanes of at least 4 members (excludes halogenated alkanes) is 1. The van der Waals surface area contributed by atoms with Crippen molar-refractivity contribution >= 4 is 49.5 Å². The van der Waals surface area contributed by atoms with Crippen LogP contribution in [0.2, 0.25) is 0 Å². The minimum atomic E-state index is -3.48. The van der Waals surface area contributed by atoms with Gasteiger partial charge in [-0.3, -0.25) is 18.9 Å². The van der Waals surface area contributed by atoms with Gasteiger partial charge in [0.25, 0.3) is 16.0 Å². The van der Waals surface area contributed by atoms with Gasteiger partial charge in [0.15, 0.2) is 5.69 Å². The van der Waals surface area contributed by atoms with Crippen LogP contribution >= 0.6 is 22.7 Å². The Morgan fingerprint density at radius 1 is 1.05 bits per heavy atom. The Balaban J connectivity index is 1.33. The molecule has 1 amide bonds. The molecule has 2 N–H and O–H groups in total. The number of azo groups is 1. The molecule has 216 valence electrons. The molecule has 0 saturated heterocycles. The summed E-state index contributed by atoms with van der Waals surface area (Å²) >= 11 is 2.35. The van der Waals surface area contributed by atoms with Gasteiger partial charge in [0, 0.05) is 23.1 Å². The van der Waals surface area contributed by atoms with E-state index in [1.165, 1.54) is 22.2 Å². The Bertz CT molecular complexity index is 1860. The summed E-state index contributed by atoms with van der Waals surface area (Å²) in [7, 11) is -3.48. The SMILES string of the molecule is CS(=O)(=O)OCCCCNC(=O)c1cnc(N=Nc2c(-c3ccccc3)[nH]n(-c3nc(-c4ccccc4)cs3)c2=O)s1. The van der Waals surface area contributed by atoms with Crippen LogP contribution in [0.5, 0.6) is 0 Å². The molecule has 0 radical (unpaired) electrons. The Morgan fingerprint density at radius 3 is 2.48 bits per heavy atom. The summed E-state index contributed by atoms with van der Waals surface area (Å²) in [5.74, 6) is -0.343. The zero-order valence-electron chi connectivity index (χ0n) is 22.3. The van der Waals surface area contributed by atoms with E-state index in [2.05, 4.69) is 34.8 Å². The van der Waals surface area contributed by atoms with Crippen molar-refractivity contribution < 1.29 is 17.4 Å². The second kappa shape index (κ2) is 13.1. The van der Waals surface area contributed by atoms with Gasteiger partial charge < -0.3 is 5.32 Å². The van der Waals surface area contributed by atoms with E-state index >= 15 is 0 Å². The number of carbonyl (C=O) groups excluding carboxylic acids is 1. The van der Waals surface area contributed by atoms with Crippen LogP contribution < -0.4 is 10.9 Å². The molecule has 3 aromatic heterocycles. The highest BCUT2D eigenvalue weighted by molar-refractivity contribution is 7.85. The van der Waals surface area contributed by atoms with E-state index in [0.29, 0.717) is 35.1 Å². The van der Waals surface area contributed by atoms with Crippen LogP contribution in [0.3, 0.4) is 0 Å². The third-order valence-corrected chi connectivity index (χ3v) is 8.09. The van der Waals surface area contributed by atoms with E-state index < -0.39 is 15.7 Å². The lowest BCUT2D eigenvalue weighted by Gasteiger charge is -2.03. The van der Waals surface area contributed by atoms with Crippen LogP contribution in [0.1, 0.15) is 22.5 Å². The Hall–Kier alpha value is -4.31. The van der Waals surface area contributed by atoms with Gasteiger partial charge in [0.2, 0.25) is 10.3 Å². The van der Waals surface area contributed by atoms with Crippen LogP contribution in [0, 0.1) is 0 Å². The maximum atomic E-state index is 13.5. The smallest absolute Gasteiger partial charge is 0.301 e. The number of rotatable bonds is 12. The fourth-order valence-corrected chi connectivity index (χ4v) is 5.67. The molecule has 42 heavy (non-hydrogen) atoms. The van der Waals surface area contributed by atoms with Crippen molar-refractivity contribution in [3.05, 3.63) is 87.5 Å². The number of nitrogens with zero attached hydrogens (tertiary/aromatic N) is 5. The van der Waals surface area contributed by atoms with Crippen LogP contribution in [0.4, 0.5) is 10.8 Å². The van der Waals surface area contributed by atoms with Gasteiger partial charge in [-0.05, 0) is 12.8 Å². The van der Waals surface area contributed by atoms with E-state index in [1.807, 2.05) is 66.0 Å². The molecule has 2 aromatic carbocycles. The topological polar surface area (TPSA) is 161 Å². The van der Waals surface area contributed by atoms with Crippen molar-refractivity contribution in [3.8, 4) is 27.6 Å². The van der Waals surface area contributed by atoms with Crippen molar-refractivity contribution in [1.29, 1.82) is 0 Å². The molecule has 0 unspecified atom stereocenters. The van der Waals surface area contributed by atoms with Gasteiger partial charge in [-0.1, -0.05) is 72.0 Å². The monoisotopic (exact) mass is 623 g/mol. The molecule has 15 heteroatoms. The molecule has 0 aliphatic carbocycles. The van der Waals surface area contributed by atoms with Gasteiger partial charge in [-0.15, -0.1) is 21.6 Å². The van der Waals surface area contributed by atoms with Gasteiger partial charge >= 0.3 is 5.56 Å². The zero-order valence-corrected chi connectivity index (χ0v) is 24.7. The molecule has 5 rings (SSSR count). The number of thiazole rings is 2. The first-order chi connectivity index (χ1) is 20.3. The summed E-state index contributed by atoms with van der Waals surface area (Å²) in [6.07, 6.45) is 3.39. The van der Waals surface area contributed by atoms with Crippen molar-refractivity contribution in [2.24, 2.45) is 10.2 Å². The number of benzene rings is 2. The normalized spacial score (nSPS) is 11.7. The highest BCUT2D eigenvalue weighted by Crippen LogP contribution is 2.30. The van der Waals surface area contributed by atoms with Gasteiger partial charge in [-0.2, -0.15) is 13.1 Å².